The molecule has 0 saturated carbocycles. The summed E-state index contributed by atoms with van der Waals surface area (Å²) in [6.07, 6.45) is 3.19. The summed E-state index contributed by atoms with van der Waals surface area (Å²) in [5.41, 5.74) is 5.53. The molecule has 1 amide bonds. The summed E-state index contributed by atoms with van der Waals surface area (Å²) in [5.74, 6) is 1.90. The number of rotatable bonds is 8. The summed E-state index contributed by atoms with van der Waals surface area (Å²) < 4.78 is 21.7. The molecule has 0 saturated heterocycles. The Hall–Kier alpha value is -3.93. The minimum absolute atomic E-state index is 0.0338. The number of amides is 1. The van der Waals surface area contributed by atoms with Crippen LogP contribution in [0, 0.1) is 0 Å². The van der Waals surface area contributed by atoms with Gasteiger partial charge in [-0.15, -0.1) is 0 Å². The van der Waals surface area contributed by atoms with Crippen molar-refractivity contribution in [2.45, 2.75) is 5.92 Å². The second-order valence-corrected chi connectivity index (χ2v) is 7.55. The van der Waals surface area contributed by atoms with Crippen molar-refractivity contribution in [1.82, 2.24) is 5.32 Å². The van der Waals surface area contributed by atoms with Crippen LogP contribution in [0.3, 0.4) is 0 Å². The number of carbonyl (C=O) groups excluding carboxylic acids is 1. The standard InChI is InChI=1S/C27H27NO5/c1-30-18-15-25(31-2)23(26(16-18)32-3)13-8-14-28-27(29)33-17-24-21-11-6-4-9-19(21)20-10-5-7-12-22(20)24/h4-13,15-16,24H,14,17H2,1-3H3,(H,28,29). The smallest absolute Gasteiger partial charge is 0.407 e. The summed E-state index contributed by atoms with van der Waals surface area (Å²) in [4.78, 5) is 12.3. The van der Waals surface area contributed by atoms with E-state index in [1.165, 1.54) is 22.3 Å². The van der Waals surface area contributed by atoms with Crippen molar-refractivity contribution in [3.8, 4) is 28.4 Å². The average molecular weight is 446 g/mol. The van der Waals surface area contributed by atoms with Gasteiger partial charge in [-0.1, -0.05) is 54.6 Å². The number of benzene rings is 3. The van der Waals surface area contributed by atoms with Crippen LogP contribution in [-0.4, -0.2) is 40.6 Å². The SMILES string of the molecule is COc1cc(OC)c(C=CCNC(=O)OCC2c3ccccc3-c3ccccc32)c(OC)c1. The quantitative estimate of drug-likeness (QED) is 0.512. The topological polar surface area (TPSA) is 66.0 Å². The number of carbonyl (C=O) groups is 1. The minimum atomic E-state index is -0.463. The maximum absolute atomic E-state index is 12.3. The van der Waals surface area contributed by atoms with Crippen molar-refractivity contribution in [2.75, 3.05) is 34.5 Å². The average Bonchev–Trinajstić information content (AvgIpc) is 3.18. The van der Waals surface area contributed by atoms with Crippen molar-refractivity contribution in [2.24, 2.45) is 0 Å². The third-order valence-electron chi connectivity index (χ3n) is 5.75. The molecule has 3 aromatic rings. The molecule has 4 rings (SSSR count). The molecule has 0 bridgehead atoms. The van der Waals surface area contributed by atoms with Gasteiger partial charge in [0.1, 0.15) is 23.9 Å². The molecule has 6 heteroatoms. The van der Waals surface area contributed by atoms with E-state index in [1.807, 2.05) is 36.4 Å². The third kappa shape index (κ3) is 4.65. The molecule has 0 radical (unpaired) electrons. The number of nitrogens with one attached hydrogen (secondary N) is 1. The first kappa shape index (κ1) is 22.3. The van der Waals surface area contributed by atoms with Gasteiger partial charge in [-0.3, -0.25) is 0 Å². The Morgan fingerprint density at radius 2 is 1.45 bits per heavy atom. The fourth-order valence-electron chi connectivity index (χ4n) is 4.17. The molecule has 170 valence electrons. The Morgan fingerprint density at radius 3 is 2.00 bits per heavy atom. The van der Waals surface area contributed by atoms with Crippen LogP contribution >= 0.6 is 0 Å². The molecule has 3 aromatic carbocycles. The van der Waals surface area contributed by atoms with Crippen molar-refractivity contribution >= 4 is 12.2 Å². The Bertz CT molecular complexity index is 1100. The van der Waals surface area contributed by atoms with Gasteiger partial charge in [-0.25, -0.2) is 4.79 Å². The van der Waals surface area contributed by atoms with Crippen molar-refractivity contribution in [3.05, 3.63) is 83.4 Å². The van der Waals surface area contributed by atoms with Gasteiger partial charge in [0.15, 0.2) is 0 Å². The normalized spacial score (nSPS) is 12.2. The summed E-state index contributed by atoms with van der Waals surface area (Å²) in [6.45, 7) is 0.582. The predicted molar refractivity (Wildman–Crippen MR) is 128 cm³/mol. The summed E-state index contributed by atoms with van der Waals surface area (Å²) in [6, 6.07) is 20.1. The maximum atomic E-state index is 12.3. The second kappa shape index (κ2) is 10.1. The Kier molecular flexibility index (Phi) is 6.83. The van der Waals surface area contributed by atoms with Crippen LogP contribution in [0.1, 0.15) is 22.6 Å². The molecular weight excluding hydrogens is 418 g/mol. The lowest BCUT2D eigenvalue weighted by atomic mass is 9.98. The van der Waals surface area contributed by atoms with Gasteiger partial charge >= 0.3 is 6.09 Å². The molecular formula is C27H27NO5. The van der Waals surface area contributed by atoms with Crippen LogP contribution in [0.25, 0.3) is 17.2 Å². The first-order valence-corrected chi connectivity index (χ1v) is 10.7. The highest BCUT2D eigenvalue weighted by atomic mass is 16.5. The van der Waals surface area contributed by atoms with Gasteiger partial charge in [0.2, 0.25) is 0 Å². The zero-order valence-electron chi connectivity index (χ0n) is 19.0. The zero-order chi connectivity index (χ0) is 23.2. The van der Waals surface area contributed by atoms with E-state index in [2.05, 4.69) is 29.6 Å². The van der Waals surface area contributed by atoms with Crippen molar-refractivity contribution < 1.29 is 23.7 Å². The molecule has 6 nitrogen and oxygen atoms in total. The van der Waals surface area contributed by atoms with E-state index in [0.717, 1.165) is 5.56 Å². The number of fused-ring (bicyclic) bond motifs is 3. The Balaban J connectivity index is 1.36. The molecule has 0 heterocycles. The molecule has 0 aliphatic heterocycles. The van der Waals surface area contributed by atoms with E-state index in [1.54, 1.807) is 33.5 Å². The molecule has 0 atom stereocenters. The number of hydrogen-bond acceptors (Lipinski definition) is 5. The predicted octanol–water partition coefficient (Wildman–Crippen LogP) is 5.26. The van der Waals surface area contributed by atoms with E-state index in [9.17, 15) is 4.79 Å². The lowest BCUT2D eigenvalue weighted by molar-refractivity contribution is 0.144. The highest BCUT2D eigenvalue weighted by Crippen LogP contribution is 2.44. The molecule has 1 aliphatic rings. The zero-order valence-corrected chi connectivity index (χ0v) is 19.0. The van der Waals surface area contributed by atoms with E-state index < -0.39 is 6.09 Å². The second-order valence-electron chi connectivity index (χ2n) is 7.55. The van der Waals surface area contributed by atoms with Crippen LogP contribution < -0.4 is 19.5 Å². The first-order chi connectivity index (χ1) is 16.2. The molecule has 0 spiro atoms. The maximum Gasteiger partial charge on any atom is 0.407 e. The van der Waals surface area contributed by atoms with Crippen LogP contribution in [-0.2, 0) is 4.74 Å². The largest absolute Gasteiger partial charge is 0.496 e. The number of ether oxygens (including phenoxy) is 4. The summed E-state index contributed by atoms with van der Waals surface area (Å²) >= 11 is 0. The third-order valence-corrected chi connectivity index (χ3v) is 5.75. The molecule has 0 unspecified atom stereocenters. The minimum Gasteiger partial charge on any atom is -0.496 e. The fourth-order valence-corrected chi connectivity index (χ4v) is 4.17. The van der Waals surface area contributed by atoms with E-state index in [4.69, 9.17) is 18.9 Å². The van der Waals surface area contributed by atoms with E-state index >= 15 is 0 Å². The highest BCUT2D eigenvalue weighted by Gasteiger charge is 2.28. The van der Waals surface area contributed by atoms with Gasteiger partial charge in [-0.05, 0) is 28.3 Å². The first-order valence-electron chi connectivity index (χ1n) is 10.7. The van der Waals surface area contributed by atoms with Crippen LogP contribution in [0.5, 0.6) is 17.2 Å². The molecule has 1 aliphatic carbocycles. The lowest BCUT2D eigenvalue weighted by Gasteiger charge is -2.14. The van der Waals surface area contributed by atoms with Crippen molar-refractivity contribution in [1.29, 1.82) is 0 Å². The number of alkyl carbamates (subject to hydrolysis) is 1. The van der Waals surface area contributed by atoms with E-state index in [-0.39, 0.29) is 12.5 Å². The Morgan fingerprint density at radius 1 is 0.879 bits per heavy atom. The molecule has 1 N–H and O–H groups in total. The van der Waals surface area contributed by atoms with Crippen molar-refractivity contribution in [3.63, 3.8) is 0 Å². The molecule has 0 aromatic heterocycles. The summed E-state index contributed by atoms with van der Waals surface area (Å²) in [5, 5.41) is 2.77. The van der Waals surface area contributed by atoms with Gasteiger partial charge in [0, 0.05) is 24.6 Å². The molecule has 0 fully saturated rings. The van der Waals surface area contributed by atoms with Crippen LogP contribution in [0.2, 0.25) is 0 Å². The monoisotopic (exact) mass is 445 g/mol. The summed E-state index contributed by atoms with van der Waals surface area (Å²) in [7, 11) is 4.75. The van der Waals surface area contributed by atoms with Crippen LogP contribution in [0.15, 0.2) is 66.7 Å². The van der Waals surface area contributed by atoms with Gasteiger partial charge < -0.3 is 24.3 Å². The Labute approximate surface area is 193 Å². The van der Waals surface area contributed by atoms with Gasteiger partial charge in [-0.2, -0.15) is 0 Å². The number of methoxy groups -OCH3 is 3. The van der Waals surface area contributed by atoms with Gasteiger partial charge in [0.25, 0.3) is 0 Å². The van der Waals surface area contributed by atoms with Gasteiger partial charge in [0.05, 0.1) is 26.9 Å². The molecule has 33 heavy (non-hydrogen) atoms. The van der Waals surface area contributed by atoms with E-state index in [0.29, 0.717) is 23.8 Å². The fraction of sp³-hybridized carbons (Fsp3) is 0.222. The van der Waals surface area contributed by atoms with Crippen LogP contribution in [0.4, 0.5) is 4.79 Å². The number of hydrogen-bond donors (Lipinski definition) is 1. The lowest BCUT2D eigenvalue weighted by Crippen LogP contribution is -2.26. The highest BCUT2D eigenvalue weighted by molar-refractivity contribution is 5.79.